The number of β-lactam (4-membered cyclic amide) rings is 1. The zero-order chi connectivity index (χ0) is 29.9. The lowest BCUT2D eigenvalue weighted by molar-refractivity contribution is -0.150. The van der Waals surface area contributed by atoms with Gasteiger partial charge in [-0.05, 0) is 40.3 Å². The highest BCUT2D eigenvalue weighted by Gasteiger charge is 2.54. The van der Waals surface area contributed by atoms with Gasteiger partial charge in [0.15, 0.2) is 12.4 Å². The number of aryl methyl sites for hydroxylation is 1. The molecule has 1 saturated heterocycles. The third kappa shape index (κ3) is 6.50. The molecule has 3 aromatic heterocycles. The average Bonchev–Trinajstić information content (AvgIpc) is 3.74. The molecule has 1 unspecified atom stereocenters. The highest BCUT2D eigenvalue weighted by Crippen LogP contribution is 2.41. The third-order valence-corrected chi connectivity index (χ3v) is 8.97. The van der Waals surface area contributed by atoms with E-state index >= 15 is 0 Å². The molecular formula is C22H21N7O10S3. The van der Waals surface area contributed by atoms with E-state index in [1.807, 2.05) is 0 Å². The topological polar surface area (TPSA) is 233 Å². The summed E-state index contributed by atoms with van der Waals surface area (Å²) < 4.78 is 42.7. The number of carboxylic acid groups (broad SMARTS) is 1. The van der Waals surface area contributed by atoms with Crippen molar-refractivity contribution in [1.82, 2.24) is 30.4 Å². The first kappa shape index (κ1) is 29.4. The number of rotatable bonds is 13. The van der Waals surface area contributed by atoms with Crippen molar-refractivity contribution in [2.45, 2.75) is 29.7 Å². The van der Waals surface area contributed by atoms with Crippen LogP contribution < -0.4 is 5.32 Å². The summed E-state index contributed by atoms with van der Waals surface area (Å²) in [4.78, 5) is 44.8. The summed E-state index contributed by atoms with van der Waals surface area (Å²) in [6.45, 7) is -0.265. The molecule has 0 bridgehead atoms. The van der Waals surface area contributed by atoms with Crippen molar-refractivity contribution < 1.29 is 46.1 Å². The fraction of sp³-hybridized carbons (Fsp3) is 0.318. The molecule has 3 aromatic rings. The number of hydrogen-bond acceptors (Lipinski definition) is 14. The largest absolute Gasteiger partial charge is 0.477 e. The van der Waals surface area contributed by atoms with Gasteiger partial charge < -0.3 is 24.1 Å². The van der Waals surface area contributed by atoms with Crippen LogP contribution in [0.2, 0.25) is 0 Å². The molecule has 0 aliphatic carbocycles. The number of oxime groups is 1. The number of carbonyl (C=O) groups excluding carboxylic acids is 2. The molecule has 5 rings (SSSR count). The number of nitrogens with one attached hydrogen (secondary N) is 1. The van der Waals surface area contributed by atoms with Crippen molar-refractivity contribution in [3.05, 3.63) is 59.6 Å². The number of carboxylic acids is 1. The number of fused-ring (bicyclic) bond motifs is 1. The van der Waals surface area contributed by atoms with Crippen LogP contribution in [0.4, 0.5) is 0 Å². The van der Waals surface area contributed by atoms with Crippen LogP contribution in [0.5, 0.6) is 0 Å². The fourth-order valence-electron chi connectivity index (χ4n) is 3.96. The van der Waals surface area contributed by atoms with Crippen LogP contribution in [0.1, 0.15) is 11.5 Å². The number of carbonyl (C=O) groups is 3. The molecule has 2 atom stereocenters. The Morgan fingerprint density at radius 1 is 1.26 bits per heavy atom. The quantitative estimate of drug-likeness (QED) is 0.0745. The number of hydrogen-bond donors (Lipinski definition) is 3. The summed E-state index contributed by atoms with van der Waals surface area (Å²) in [6, 6.07) is 5.33. The Balaban J connectivity index is 1.26. The minimum atomic E-state index is -4.24. The van der Waals surface area contributed by atoms with Crippen LogP contribution in [0.25, 0.3) is 0 Å². The van der Waals surface area contributed by atoms with Gasteiger partial charge in [0.1, 0.15) is 22.9 Å². The summed E-state index contributed by atoms with van der Waals surface area (Å²) in [7, 11) is -4.24. The molecule has 42 heavy (non-hydrogen) atoms. The maximum absolute atomic E-state index is 13.1. The molecule has 222 valence electrons. The van der Waals surface area contributed by atoms with E-state index in [4.69, 9.17) is 18.2 Å². The number of amides is 2. The Morgan fingerprint density at radius 2 is 2.05 bits per heavy atom. The van der Waals surface area contributed by atoms with E-state index in [9.17, 15) is 27.9 Å². The van der Waals surface area contributed by atoms with E-state index in [2.05, 4.69) is 26.0 Å². The van der Waals surface area contributed by atoms with Crippen LogP contribution in [-0.4, -0.2) is 95.4 Å². The van der Waals surface area contributed by atoms with E-state index in [0.717, 1.165) is 21.3 Å². The lowest BCUT2D eigenvalue weighted by Gasteiger charge is -2.49. The van der Waals surface area contributed by atoms with Crippen LogP contribution in [0.15, 0.2) is 67.2 Å². The zero-order valence-electron chi connectivity index (χ0n) is 21.2. The average molecular weight is 640 g/mol. The van der Waals surface area contributed by atoms with Crippen molar-refractivity contribution in [2.75, 3.05) is 17.3 Å². The molecule has 0 saturated carbocycles. The van der Waals surface area contributed by atoms with Gasteiger partial charge in [-0.3, -0.25) is 19.0 Å². The lowest BCUT2D eigenvalue weighted by atomic mass is 10.0. The van der Waals surface area contributed by atoms with Crippen LogP contribution >= 0.6 is 23.5 Å². The van der Waals surface area contributed by atoms with Crippen molar-refractivity contribution >= 4 is 57.1 Å². The minimum absolute atomic E-state index is 0.0560. The van der Waals surface area contributed by atoms with Crippen molar-refractivity contribution in [1.29, 1.82) is 0 Å². The summed E-state index contributed by atoms with van der Waals surface area (Å²) >= 11 is 2.30. The lowest BCUT2D eigenvalue weighted by Crippen LogP contribution is -2.71. The van der Waals surface area contributed by atoms with Gasteiger partial charge in [0.25, 0.3) is 21.9 Å². The smallest absolute Gasteiger partial charge is 0.352 e. The number of thioether (sulfide) groups is 2. The maximum Gasteiger partial charge on any atom is 0.352 e. The first-order valence-corrected chi connectivity index (χ1v) is 15.6. The standard InChI is InChI=1S/C22H21N7O10S3/c30-18(15(14-4-2-7-38-14)25-39-9-13-3-1-6-37-13)23-16-19(31)29-17(21(32)33)12(10-40-20(16)29)11-41-22-24-26-27-28(22)5-8-42(34,35)36/h1-4,6-7,16,20H,5,8-11H2,(H,23,30)(H,32,33)(H,34,35,36)/b25-15-/t16?,20-/m1/s1. The molecule has 1 fully saturated rings. The van der Waals surface area contributed by atoms with Crippen molar-refractivity contribution in [2.24, 2.45) is 5.16 Å². The molecule has 2 amide bonds. The predicted octanol–water partition coefficient (Wildman–Crippen LogP) is 0.199. The first-order chi connectivity index (χ1) is 20.1. The predicted molar refractivity (Wildman–Crippen MR) is 143 cm³/mol. The number of furan rings is 2. The molecule has 20 heteroatoms. The number of aromatic nitrogens is 4. The maximum atomic E-state index is 13.1. The van der Waals surface area contributed by atoms with E-state index in [1.54, 1.807) is 18.2 Å². The highest BCUT2D eigenvalue weighted by molar-refractivity contribution is 8.01. The fourth-order valence-corrected chi connectivity index (χ4v) is 6.76. The van der Waals surface area contributed by atoms with Gasteiger partial charge in [0.2, 0.25) is 10.9 Å². The number of nitrogens with zero attached hydrogens (tertiary/aromatic N) is 6. The molecule has 5 heterocycles. The second-order valence-corrected chi connectivity index (χ2v) is 12.3. The van der Waals surface area contributed by atoms with E-state index < -0.39 is 45.1 Å². The second kappa shape index (κ2) is 12.4. The Hall–Kier alpha value is -4.14. The van der Waals surface area contributed by atoms with E-state index in [1.165, 1.54) is 30.4 Å². The minimum Gasteiger partial charge on any atom is -0.477 e. The molecule has 3 N–H and O–H groups in total. The molecule has 0 spiro atoms. The molecule has 0 aromatic carbocycles. The molecular weight excluding hydrogens is 618 g/mol. The van der Waals surface area contributed by atoms with Gasteiger partial charge in [0.05, 0.1) is 24.8 Å². The van der Waals surface area contributed by atoms with E-state index in [-0.39, 0.29) is 47.0 Å². The first-order valence-electron chi connectivity index (χ1n) is 11.9. The Bertz CT molecular complexity index is 1630. The van der Waals surface area contributed by atoms with Gasteiger partial charge in [-0.25, -0.2) is 9.48 Å². The Labute approximate surface area is 245 Å². The van der Waals surface area contributed by atoms with Gasteiger partial charge >= 0.3 is 5.97 Å². The zero-order valence-corrected chi connectivity index (χ0v) is 23.7. The van der Waals surface area contributed by atoms with Crippen LogP contribution in [0.3, 0.4) is 0 Å². The summed E-state index contributed by atoms with van der Waals surface area (Å²) in [6.07, 6.45) is 2.80. The second-order valence-electron chi connectivity index (χ2n) is 8.65. The normalized spacial score (nSPS) is 18.9. The van der Waals surface area contributed by atoms with Gasteiger partial charge in [0, 0.05) is 11.5 Å². The summed E-state index contributed by atoms with van der Waals surface area (Å²) in [5, 5.41) is 26.9. The molecule has 0 radical (unpaired) electrons. The van der Waals surface area contributed by atoms with Gasteiger partial charge in [-0.15, -0.1) is 16.9 Å². The van der Waals surface area contributed by atoms with Crippen molar-refractivity contribution in [3.8, 4) is 0 Å². The Morgan fingerprint density at radius 3 is 2.74 bits per heavy atom. The van der Waals surface area contributed by atoms with E-state index in [0.29, 0.717) is 11.3 Å². The van der Waals surface area contributed by atoms with Gasteiger partial charge in [-0.2, -0.15) is 8.42 Å². The molecule has 2 aliphatic heterocycles. The molecule has 17 nitrogen and oxygen atoms in total. The number of aliphatic carboxylic acids is 1. The third-order valence-electron chi connectivity index (χ3n) is 5.88. The summed E-state index contributed by atoms with van der Waals surface area (Å²) in [5.74, 6) is -2.47. The molecule has 2 aliphatic rings. The van der Waals surface area contributed by atoms with Gasteiger partial charge in [-0.1, -0.05) is 16.9 Å². The highest BCUT2D eigenvalue weighted by atomic mass is 32.2. The van der Waals surface area contributed by atoms with Crippen molar-refractivity contribution in [3.63, 3.8) is 0 Å². The monoisotopic (exact) mass is 639 g/mol. The van der Waals surface area contributed by atoms with Crippen LogP contribution in [-0.2, 0) is 42.5 Å². The summed E-state index contributed by atoms with van der Waals surface area (Å²) in [5.41, 5.74) is -0.0443. The van der Waals surface area contributed by atoms with Crippen LogP contribution in [0, 0.1) is 0 Å². The Kier molecular flexibility index (Phi) is 8.66. The number of tetrazole rings is 1. The SMILES string of the molecule is O=C(O)C1=C(CSc2nnnn2CCS(=O)(=O)O)CS[C@@H]2C(NC(=O)/C(=N\OCc3ccco3)c3ccco3)C(=O)N12.